The van der Waals surface area contributed by atoms with Crippen LogP contribution >= 0.6 is 0 Å². The Morgan fingerprint density at radius 3 is 2.47 bits per heavy atom. The molecule has 8 nitrogen and oxygen atoms in total. The highest BCUT2D eigenvalue weighted by Crippen LogP contribution is 2.27. The first-order valence-corrected chi connectivity index (χ1v) is 10.2. The van der Waals surface area contributed by atoms with Crippen molar-refractivity contribution < 1.29 is 4.74 Å². The normalized spacial score (nSPS) is 11.6. The van der Waals surface area contributed by atoms with Crippen LogP contribution in [0.25, 0.3) is 17.1 Å². The van der Waals surface area contributed by atoms with Crippen molar-refractivity contribution in [3.63, 3.8) is 0 Å². The van der Waals surface area contributed by atoms with Crippen molar-refractivity contribution >= 4 is 5.82 Å². The molecule has 3 aromatic heterocycles. The van der Waals surface area contributed by atoms with Crippen LogP contribution in [-0.2, 0) is 0 Å². The van der Waals surface area contributed by atoms with Crippen molar-refractivity contribution in [1.82, 2.24) is 24.7 Å². The zero-order valence-electron chi connectivity index (χ0n) is 18.4. The lowest BCUT2D eigenvalue weighted by Gasteiger charge is -2.16. The molecule has 0 saturated heterocycles. The van der Waals surface area contributed by atoms with Gasteiger partial charge in [-0.3, -0.25) is 0 Å². The summed E-state index contributed by atoms with van der Waals surface area (Å²) in [6, 6.07) is 15.4. The third kappa shape index (κ3) is 4.27. The molecule has 0 bridgehead atoms. The molecule has 0 spiro atoms. The molecule has 4 aromatic rings. The number of aryl methyl sites for hydroxylation is 2. The molecule has 0 saturated carbocycles. The maximum absolute atomic E-state index is 8.96. The number of nitrogens with zero attached hydrogens (tertiary/aromatic N) is 6. The van der Waals surface area contributed by atoms with Crippen LogP contribution in [-0.4, -0.2) is 31.8 Å². The third-order valence-corrected chi connectivity index (χ3v) is 5.16. The maximum atomic E-state index is 8.96. The predicted molar refractivity (Wildman–Crippen MR) is 122 cm³/mol. The van der Waals surface area contributed by atoms with E-state index in [9.17, 15) is 0 Å². The molecule has 0 aliphatic rings. The Bertz CT molecular complexity index is 1290. The smallest absolute Gasteiger partial charge is 0.238 e. The van der Waals surface area contributed by atoms with Crippen LogP contribution in [0.15, 0.2) is 55.0 Å². The number of nitriles is 1. The average Bonchev–Trinajstić information content (AvgIpc) is 3.26. The summed E-state index contributed by atoms with van der Waals surface area (Å²) in [4.78, 5) is 8.88. The van der Waals surface area contributed by atoms with E-state index in [4.69, 9.17) is 10.00 Å². The molecule has 3 heterocycles. The number of anilines is 1. The summed E-state index contributed by atoms with van der Waals surface area (Å²) in [5.41, 5.74) is 5.69. The van der Waals surface area contributed by atoms with Gasteiger partial charge in [-0.05, 0) is 62.2 Å². The molecule has 0 radical (unpaired) electrons. The van der Waals surface area contributed by atoms with E-state index in [1.807, 2.05) is 74.0 Å². The van der Waals surface area contributed by atoms with Crippen LogP contribution in [0, 0.1) is 25.2 Å². The zero-order chi connectivity index (χ0) is 22.7. The first kappa shape index (κ1) is 21.0. The first-order valence-electron chi connectivity index (χ1n) is 10.2. The second-order valence-electron chi connectivity index (χ2n) is 7.51. The minimum absolute atomic E-state index is 0.0118. The van der Waals surface area contributed by atoms with Gasteiger partial charge in [-0.25, -0.2) is 9.97 Å². The molecule has 1 N–H and O–H groups in total. The van der Waals surface area contributed by atoms with E-state index in [0.717, 1.165) is 22.5 Å². The van der Waals surface area contributed by atoms with Gasteiger partial charge < -0.3 is 14.6 Å². The summed E-state index contributed by atoms with van der Waals surface area (Å²) < 4.78 is 7.38. The molecule has 0 unspecified atom stereocenters. The fourth-order valence-electron chi connectivity index (χ4n) is 3.36. The van der Waals surface area contributed by atoms with Gasteiger partial charge in [-0.15, -0.1) is 10.2 Å². The highest BCUT2D eigenvalue weighted by atomic mass is 16.5. The lowest BCUT2D eigenvalue weighted by molar-refractivity contribution is 0.396. The van der Waals surface area contributed by atoms with Crippen LogP contribution < -0.4 is 10.1 Å². The van der Waals surface area contributed by atoms with Crippen LogP contribution in [0.5, 0.6) is 5.88 Å². The number of nitrogens with one attached hydrogen (secondary N) is 1. The first-order chi connectivity index (χ1) is 15.5. The monoisotopic (exact) mass is 425 g/mol. The summed E-state index contributed by atoms with van der Waals surface area (Å²) in [5, 5.41) is 21.1. The molecule has 0 amide bonds. The Kier molecular flexibility index (Phi) is 5.81. The third-order valence-electron chi connectivity index (χ3n) is 5.16. The highest BCUT2D eigenvalue weighted by molar-refractivity contribution is 5.61. The van der Waals surface area contributed by atoms with Crippen LogP contribution in [0.1, 0.15) is 35.3 Å². The topological polar surface area (TPSA) is 102 Å². The SMILES string of the molecule is COc1nc(-c2cc(C)c(N[C@@H](C)c3ccc(C#N)cc3)nn2)ccc1-n1cnc(C)c1. The van der Waals surface area contributed by atoms with E-state index in [1.165, 1.54) is 0 Å². The van der Waals surface area contributed by atoms with Crippen molar-refractivity contribution in [2.75, 3.05) is 12.4 Å². The highest BCUT2D eigenvalue weighted by Gasteiger charge is 2.14. The number of hydrogen-bond acceptors (Lipinski definition) is 7. The largest absolute Gasteiger partial charge is 0.479 e. The summed E-state index contributed by atoms with van der Waals surface area (Å²) >= 11 is 0. The van der Waals surface area contributed by atoms with E-state index in [-0.39, 0.29) is 6.04 Å². The fourth-order valence-corrected chi connectivity index (χ4v) is 3.36. The Hall–Kier alpha value is -4.25. The Morgan fingerprint density at radius 1 is 1.06 bits per heavy atom. The van der Waals surface area contributed by atoms with Crippen molar-refractivity contribution in [1.29, 1.82) is 5.26 Å². The maximum Gasteiger partial charge on any atom is 0.238 e. The standard InChI is InChI=1S/C24H23N7O/c1-15-11-21(20-9-10-22(24(28-20)32-4)31-13-16(2)26-14-31)29-30-23(15)27-17(3)19-7-5-18(12-25)6-8-19/h5-11,13-14,17H,1-4H3,(H,27,30)/t17-/m0/s1. The number of ether oxygens (including phenoxy) is 1. The van der Waals surface area contributed by atoms with Crippen molar-refractivity contribution in [3.8, 4) is 29.0 Å². The van der Waals surface area contributed by atoms with Crippen molar-refractivity contribution in [3.05, 3.63) is 77.4 Å². The van der Waals surface area contributed by atoms with Gasteiger partial charge in [0.05, 0.1) is 42.5 Å². The van der Waals surface area contributed by atoms with Crippen molar-refractivity contribution in [2.24, 2.45) is 0 Å². The average molecular weight is 425 g/mol. The number of hydrogen-bond donors (Lipinski definition) is 1. The van der Waals surface area contributed by atoms with E-state index in [1.54, 1.807) is 13.4 Å². The molecule has 1 aromatic carbocycles. The van der Waals surface area contributed by atoms with Gasteiger partial charge in [-0.1, -0.05) is 12.1 Å². The summed E-state index contributed by atoms with van der Waals surface area (Å²) in [7, 11) is 1.59. The Labute approximate surface area is 186 Å². The number of aromatic nitrogens is 5. The Morgan fingerprint density at radius 2 is 1.84 bits per heavy atom. The number of benzene rings is 1. The predicted octanol–water partition coefficient (Wildman–Crippen LogP) is 4.39. The molecule has 160 valence electrons. The van der Waals surface area contributed by atoms with E-state index >= 15 is 0 Å². The van der Waals surface area contributed by atoms with E-state index in [2.05, 4.69) is 31.6 Å². The molecule has 1 atom stereocenters. The van der Waals surface area contributed by atoms with Gasteiger partial charge in [0.1, 0.15) is 11.4 Å². The fraction of sp³-hybridized carbons (Fsp3) is 0.208. The van der Waals surface area contributed by atoms with Gasteiger partial charge in [0.25, 0.3) is 0 Å². The molecule has 0 aliphatic heterocycles. The quantitative estimate of drug-likeness (QED) is 0.489. The molecular formula is C24H23N7O. The second-order valence-corrected chi connectivity index (χ2v) is 7.51. The van der Waals surface area contributed by atoms with E-state index < -0.39 is 0 Å². The van der Waals surface area contributed by atoms with Gasteiger partial charge in [0.2, 0.25) is 5.88 Å². The zero-order valence-corrected chi connectivity index (χ0v) is 18.4. The van der Waals surface area contributed by atoms with E-state index in [0.29, 0.717) is 28.6 Å². The van der Waals surface area contributed by atoms with Gasteiger partial charge in [-0.2, -0.15) is 5.26 Å². The lowest BCUT2D eigenvalue weighted by atomic mass is 10.1. The molecule has 0 aliphatic carbocycles. The molecular weight excluding hydrogens is 402 g/mol. The summed E-state index contributed by atoms with van der Waals surface area (Å²) in [5.74, 6) is 1.18. The minimum atomic E-state index is 0.0118. The van der Waals surface area contributed by atoms with Crippen LogP contribution in [0.4, 0.5) is 5.82 Å². The van der Waals surface area contributed by atoms with Crippen LogP contribution in [0.2, 0.25) is 0 Å². The number of pyridine rings is 1. The molecule has 8 heteroatoms. The Balaban J connectivity index is 1.57. The second kappa shape index (κ2) is 8.86. The number of rotatable bonds is 6. The van der Waals surface area contributed by atoms with Crippen molar-refractivity contribution in [2.45, 2.75) is 26.8 Å². The molecule has 0 fully saturated rings. The van der Waals surface area contributed by atoms with Gasteiger partial charge in [0.15, 0.2) is 5.82 Å². The molecule has 32 heavy (non-hydrogen) atoms. The number of imidazole rings is 1. The minimum Gasteiger partial charge on any atom is -0.479 e. The van der Waals surface area contributed by atoms with Gasteiger partial charge in [0, 0.05) is 6.20 Å². The molecule has 4 rings (SSSR count). The summed E-state index contributed by atoms with van der Waals surface area (Å²) in [6.07, 6.45) is 3.65. The number of methoxy groups -OCH3 is 1. The summed E-state index contributed by atoms with van der Waals surface area (Å²) in [6.45, 7) is 5.95. The lowest BCUT2D eigenvalue weighted by Crippen LogP contribution is -2.10. The van der Waals surface area contributed by atoms with Crippen LogP contribution in [0.3, 0.4) is 0 Å². The van der Waals surface area contributed by atoms with Gasteiger partial charge >= 0.3 is 0 Å².